The highest BCUT2D eigenvalue weighted by molar-refractivity contribution is 7.89. The molecule has 0 saturated carbocycles. The van der Waals surface area contributed by atoms with Crippen LogP contribution >= 0.6 is 0 Å². The molecule has 166 valence electrons. The van der Waals surface area contributed by atoms with Crippen LogP contribution in [-0.4, -0.2) is 51.4 Å². The molecule has 1 amide bonds. The quantitative estimate of drug-likeness (QED) is 0.671. The van der Waals surface area contributed by atoms with E-state index in [4.69, 9.17) is 0 Å². The molecule has 1 N–H and O–H groups in total. The molecule has 0 spiro atoms. The van der Waals surface area contributed by atoms with Crippen molar-refractivity contribution in [1.82, 2.24) is 9.62 Å². The smallest absolute Gasteiger partial charge is 0.243 e. The lowest BCUT2D eigenvalue weighted by Gasteiger charge is -2.31. The number of nitrogens with zero attached hydrogens (tertiary/aromatic N) is 2. The minimum atomic E-state index is -3.56. The number of benzene rings is 2. The molecule has 0 aliphatic carbocycles. The van der Waals surface area contributed by atoms with Crippen LogP contribution in [0.1, 0.15) is 30.4 Å². The van der Waals surface area contributed by atoms with E-state index in [0.29, 0.717) is 24.4 Å². The van der Waals surface area contributed by atoms with Crippen molar-refractivity contribution < 1.29 is 13.2 Å². The number of aryl methyl sites for hydroxylation is 1. The summed E-state index contributed by atoms with van der Waals surface area (Å²) in [5.41, 5.74) is 3.72. The zero-order chi connectivity index (χ0) is 21.8. The van der Waals surface area contributed by atoms with E-state index in [1.165, 1.54) is 15.6 Å². The Labute approximate surface area is 185 Å². The Kier molecular flexibility index (Phi) is 6.62. The number of piperidine rings is 1. The molecule has 2 aliphatic heterocycles. The van der Waals surface area contributed by atoms with Crippen LogP contribution in [0, 0.1) is 12.8 Å². The maximum Gasteiger partial charge on any atom is 0.243 e. The van der Waals surface area contributed by atoms with Gasteiger partial charge in [0.05, 0.1) is 10.8 Å². The van der Waals surface area contributed by atoms with E-state index in [1.54, 1.807) is 24.3 Å². The van der Waals surface area contributed by atoms with Gasteiger partial charge in [0.2, 0.25) is 15.9 Å². The van der Waals surface area contributed by atoms with Crippen molar-refractivity contribution in [3.05, 3.63) is 59.7 Å². The number of rotatable bonds is 7. The fraction of sp³-hybridized carbons (Fsp3) is 0.458. The van der Waals surface area contributed by atoms with Crippen LogP contribution in [0.2, 0.25) is 0 Å². The first-order valence-electron chi connectivity index (χ1n) is 11.1. The Morgan fingerprint density at radius 2 is 1.87 bits per heavy atom. The van der Waals surface area contributed by atoms with Crippen LogP contribution in [0.3, 0.4) is 0 Å². The molecule has 1 saturated heterocycles. The van der Waals surface area contributed by atoms with E-state index in [1.807, 2.05) is 6.92 Å². The normalized spacial score (nSPS) is 19.3. The van der Waals surface area contributed by atoms with E-state index in [9.17, 15) is 13.2 Å². The van der Waals surface area contributed by atoms with Gasteiger partial charge in [0.15, 0.2) is 0 Å². The summed E-state index contributed by atoms with van der Waals surface area (Å²) in [6.45, 7) is 5.20. The number of sulfonamides is 1. The predicted octanol–water partition coefficient (Wildman–Crippen LogP) is 2.96. The second-order valence-electron chi connectivity index (χ2n) is 8.53. The highest BCUT2D eigenvalue weighted by Gasteiger charge is 2.33. The highest BCUT2D eigenvalue weighted by atomic mass is 32.2. The van der Waals surface area contributed by atoms with Crippen LogP contribution in [0.4, 0.5) is 5.69 Å². The van der Waals surface area contributed by atoms with Crippen LogP contribution < -0.4 is 10.2 Å². The van der Waals surface area contributed by atoms with Gasteiger partial charge in [0, 0.05) is 38.4 Å². The summed E-state index contributed by atoms with van der Waals surface area (Å²) in [6.07, 6.45) is 3.38. The van der Waals surface area contributed by atoms with E-state index in [-0.39, 0.29) is 18.4 Å². The molecule has 1 atom stereocenters. The lowest BCUT2D eigenvalue weighted by Crippen LogP contribution is -2.45. The van der Waals surface area contributed by atoms with Gasteiger partial charge in [-0.3, -0.25) is 4.79 Å². The third-order valence-electron chi connectivity index (χ3n) is 6.30. The second-order valence-corrected chi connectivity index (χ2v) is 10.5. The summed E-state index contributed by atoms with van der Waals surface area (Å²) >= 11 is 0. The van der Waals surface area contributed by atoms with Crippen molar-refractivity contribution in [2.45, 2.75) is 37.5 Å². The molecule has 0 radical (unpaired) electrons. The van der Waals surface area contributed by atoms with Crippen molar-refractivity contribution in [1.29, 1.82) is 0 Å². The monoisotopic (exact) mass is 441 g/mol. The van der Waals surface area contributed by atoms with Gasteiger partial charge >= 0.3 is 0 Å². The van der Waals surface area contributed by atoms with Gasteiger partial charge in [-0.1, -0.05) is 35.9 Å². The SMILES string of the molecule is Cc1ccc(S(=O)(=O)N2CCC[C@@H](C(=O)NCCCN3CCc4ccccc43)C2)cc1. The molecule has 31 heavy (non-hydrogen) atoms. The molecule has 0 bridgehead atoms. The Balaban J connectivity index is 1.27. The van der Waals surface area contributed by atoms with Crippen molar-refractivity contribution >= 4 is 21.6 Å². The first-order valence-corrected chi connectivity index (χ1v) is 12.6. The van der Waals surface area contributed by atoms with Crippen molar-refractivity contribution in [3.63, 3.8) is 0 Å². The second kappa shape index (κ2) is 9.40. The van der Waals surface area contributed by atoms with Crippen LogP contribution in [0.15, 0.2) is 53.4 Å². The van der Waals surface area contributed by atoms with E-state index < -0.39 is 10.0 Å². The van der Waals surface area contributed by atoms with Gasteiger partial charge in [0.25, 0.3) is 0 Å². The summed E-state index contributed by atoms with van der Waals surface area (Å²) < 4.78 is 27.4. The number of hydrogen-bond donors (Lipinski definition) is 1. The Morgan fingerprint density at radius 3 is 2.68 bits per heavy atom. The third kappa shape index (κ3) is 4.93. The van der Waals surface area contributed by atoms with E-state index >= 15 is 0 Å². The molecule has 4 rings (SSSR count). The zero-order valence-electron chi connectivity index (χ0n) is 18.1. The molecule has 2 aromatic rings. The summed E-state index contributed by atoms with van der Waals surface area (Å²) in [5, 5.41) is 3.03. The van der Waals surface area contributed by atoms with Crippen LogP contribution in [-0.2, 0) is 21.2 Å². The highest BCUT2D eigenvalue weighted by Crippen LogP contribution is 2.27. The minimum absolute atomic E-state index is 0.0365. The van der Waals surface area contributed by atoms with Crippen LogP contribution in [0.5, 0.6) is 0 Å². The molecule has 2 heterocycles. The van der Waals surface area contributed by atoms with Gasteiger partial charge in [-0.2, -0.15) is 4.31 Å². The maximum absolute atomic E-state index is 13.0. The summed E-state index contributed by atoms with van der Waals surface area (Å²) in [5.74, 6) is -0.327. The first kappa shape index (κ1) is 21.8. The average molecular weight is 442 g/mol. The summed E-state index contributed by atoms with van der Waals surface area (Å²) in [7, 11) is -3.56. The molecule has 1 fully saturated rings. The first-order chi connectivity index (χ1) is 14.9. The third-order valence-corrected chi connectivity index (χ3v) is 8.18. The number of nitrogens with one attached hydrogen (secondary N) is 1. The number of amides is 1. The molecular weight excluding hydrogens is 410 g/mol. The number of anilines is 1. The topological polar surface area (TPSA) is 69.7 Å². The molecule has 0 unspecified atom stereocenters. The van der Waals surface area contributed by atoms with Crippen molar-refractivity contribution in [3.8, 4) is 0 Å². The lowest BCUT2D eigenvalue weighted by atomic mass is 9.99. The molecule has 2 aliphatic rings. The maximum atomic E-state index is 13.0. The van der Waals surface area contributed by atoms with Crippen molar-refractivity contribution in [2.75, 3.05) is 37.6 Å². The van der Waals surface area contributed by atoms with E-state index in [0.717, 1.165) is 37.9 Å². The Bertz CT molecular complexity index is 1020. The number of hydrogen-bond acceptors (Lipinski definition) is 4. The van der Waals surface area contributed by atoms with Crippen LogP contribution in [0.25, 0.3) is 0 Å². The van der Waals surface area contributed by atoms with Gasteiger partial charge < -0.3 is 10.2 Å². The molecule has 6 nitrogen and oxygen atoms in total. The average Bonchev–Trinajstić information content (AvgIpc) is 3.20. The zero-order valence-corrected chi connectivity index (χ0v) is 18.9. The lowest BCUT2D eigenvalue weighted by molar-refractivity contribution is -0.126. The number of carbonyl (C=O) groups is 1. The minimum Gasteiger partial charge on any atom is -0.371 e. The fourth-order valence-electron chi connectivity index (χ4n) is 4.50. The standard InChI is InChI=1S/C24H31N3O3S/c1-19-9-11-22(12-10-19)31(29,30)27-16-4-7-21(18-27)24(28)25-14-5-15-26-17-13-20-6-2-3-8-23(20)26/h2-3,6,8-12,21H,4-5,7,13-18H2,1H3,(H,25,28)/t21-/m1/s1. The van der Waals surface area contributed by atoms with E-state index in [2.05, 4.69) is 34.5 Å². The van der Waals surface area contributed by atoms with Gasteiger partial charge in [-0.05, 0) is 56.4 Å². The molecule has 7 heteroatoms. The number of carbonyl (C=O) groups excluding carboxylic acids is 1. The number of para-hydroxylation sites is 1. The predicted molar refractivity (Wildman–Crippen MR) is 123 cm³/mol. The molecule has 2 aromatic carbocycles. The Morgan fingerprint density at radius 1 is 1.10 bits per heavy atom. The van der Waals surface area contributed by atoms with Gasteiger partial charge in [-0.25, -0.2) is 8.42 Å². The summed E-state index contributed by atoms with van der Waals surface area (Å²) in [6, 6.07) is 15.4. The fourth-order valence-corrected chi connectivity index (χ4v) is 6.02. The molecular formula is C24H31N3O3S. The molecule has 0 aromatic heterocycles. The van der Waals surface area contributed by atoms with Gasteiger partial charge in [0.1, 0.15) is 0 Å². The Hall–Kier alpha value is -2.38. The van der Waals surface area contributed by atoms with Crippen molar-refractivity contribution in [2.24, 2.45) is 5.92 Å². The number of fused-ring (bicyclic) bond motifs is 1. The summed E-state index contributed by atoms with van der Waals surface area (Å²) in [4.78, 5) is 15.4. The largest absolute Gasteiger partial charge is 0.371 e. The van der Waals surface area contributed by atoms with Gasteiger partial charge in [-0.15, -0.1) is 0 Å².